The van der Waals surface area contributed by atoms with Crippen LogP contribution in [0.25, 0.3) is 0 Å². The molecule has 0 saturated heterocycles. The third-order valence-electron chi connectivity index (χ3n) is 4.48. The van der Waals surface area contributed by atoms with Crippen molar-refractivity contribution < 1.29 is 14.3 Å². The molecule has 0 spiro atoms. The first kappa shape index (κ1) is 22.1. The van der Waals surface area contributed by atoms with Gasteiger partial charge in [-0.3, -0.25) is 9.59 Å². The largest absolute Gasteiger partial charge is 0.490 e. The van der Waals surface area contributed by atoms with Crippen LogP contribution >= 0.6 is 27.3 Å². The van der Waals surface area contributed by atoms with E-state index in [1.165, 1.54) is 11.3 Å². The second kappa shape index (κ2) is 9.45. The van der Waals surface area contributed by atoms with Crippen molar-refractivity contribution in [2.75, 3.05) is 5.32 Å². The van der Waals surface area contributed by atoms with E-state index in [1.807, 2.05) is 51.1 Å². The van der Waals surface area contributed by atoms with Gasteiger partial charge in [-0.25, -0.2) is 0 Å². The fourth-order valence-corrected chi connectivity index (χ4v) is 4.77. The number of nitrogens with one attached hydrogen (secondary N) is 1. The summed E-state index contributed by atoms with van der Waals surface area (Å²) < 4.78 is 6.37. The molecule has 2 amide bonds. The lowest BCUT2D eigenvalue weighted by Gasteiger charge is -2.12. The van der Waals surface area contributed by atoms with Gasteiger partial charge in [-0.1, -0.05) is 30.3 Å². The summed E-state index contributed by atoms with van der Waals surface area (Å²) in [4.78, 5) is 25.9. The van der Waals surface area contributed by atoms with E-state index in [0.29, 0.717) is 32.8 Å². The zero-order valence-electron chi connectivity index (χ0n) is 17.0. The Hall–Kier alpha value is -2.64. The lowest BCUT2D eigenvalue weighted by molar-refractivity contribution is 0.100. The van der Waals surface area contributed by atoms with Gasteiger partial charge in [0.05, 0.1) is 16.1 Å². The smallest absolute Gasteiger partial charge is 0.256 e. The molecule has 7 heteroatoms. The highest BCUT2D eigenvalue weighted by molar-refractivity contribution is 9.10. The van der Waals surface area contributed by atoms with Crippen LogP contribution in [0, 0.1) is 6.92 Å². The van der Waals surface area contributed by atoms with Gasteiger partial charge in [0.1, 0.15) is 10.8 Å². The number of thiophene rings is 1. The molecular formula is C23H23BrN2O3S. The first-order valence-electron chi connectivity index (χ1n) is 9.49. The number of hydrogen-bond donors (Lipinski definition) is 2. The summed E-state index contributed by atoms with van der Waals surface area (Å²) in [5.41, 5.74) is 8.35. The fourth-order valence-electron chi connectivity index (χ4n) is 3.06. The number of benzene rings is 2. The first-order chi connectivity index (χ1) is 14.3. The summed E-state index contributed by atoms with van der Waals surface area (Å²) in [5, 5.41) is 3.33. The van der Waals surface area contributed by atoms with Crippen LogP contribution in [0.15, 0.2) is 53.0 Å². The Balaban J connectivity index is 1.86. The van der Waals surface area contributed by atoms with E-state index in [9.17, 15) is 9.59 Å². The fraction of sp³-hybridized carbons (Fsp3) is 0.217. The molecule has 0 aliphatic carbocycles. The number of ether oxygens (including phenoxy) is 1. The first-order valence-corrected chi connectivity index (χ1v) is 11.1. The monoisotopic (exact) mass is 486 g/mol. The number of carbonyl (C=O) groups is 2. The van der Waals surface area contributed by atoms with E-state index >= 15 is 0 Å². The second-order valence-corrected chi connectivity index (χ2v) is 9.11. The molecule has 1 aromatic heterocycles. The normalized spacial score (nSPS) is 10.8. The Morgan fingerprint density at radius 1 is 1.17 bits per heavy atom. The molecular weight excluding hydrogens is 464 g/mol. The molecule has 30 heavy (non-hydrogen) atoms. The average molecular weight is 487 g/mol. The molecule has 0 aliphatic rings. The van der Waals surface area contributed by atoms with E-state index in [4.69, 9.17) is 10.5 Å². The van der Waals surface area contributed by atoms with Gasteiger partial charge in [0.2, 0.25) is 0 Å². The molecule has 0 aliphatic heterocycles. The van der Waals surface area contributed by atoms with Gasteiger partial charge in [-0.15, -0.1) is 11.3 Å². The molecule has 0 fully saturated rings. The lowest BCUT2D eigenvalue weighted by atomic mass is 10.1. The predicted octanol–water partition coefficient (Wildman–Crippen LogP) is 5.55. The highest BCUT2D eigenvalue weighted by Crippen LogP contribution is 2.35. The molecule has 0 bridgehead atoms. The van der Waals surface area contributed by atoms with Crippen molar-refractivity contribution in [1.29, 1.82) is 0 Å². The SMILES string of the molecule is Cc1c(Cc2ccccc2)sc(NC(=O)c2ccc(OC(C)C)c(Br)c2)c1C(N)=O. The van der Waals surface area contributed by atoms with E-state index in [1.54, 1.807) is 18.2 Å². The summed E-state index contributed by atoms with van der Waals surface area (Å²) in [6.45, 7) is 5.73. The maximum absolute atomic E-state index is 12.8. The molecule has 3 N–H and O–H groups in total. The van der Waals surface area contributed by atoms with E-state index in [-0.39, 0.29) is 12.0 Å². The molecule has 156 valence electrons. The van der Waals surface area contributed by atoms with Crippen molar-refractivity contribution in [3.05, 3.63) is 80.1 Å². The molecule has 0 unspecified atom stereocenters. The third-order valence-corrected chi connectivity index (χ3v) is 6.31. The van der Waals surface area contributed by atoms with Crippen molar-refractivity contribution in [3.8, 4) is 5.75 Å². The molecule has 5 nitrogen and oxygen atoms in total. The number of anilines is 1. The van der Waals surface area contributed by atoms with Crippen molar-refractivity contribution >= 4 is 44.1 Å². The van der Waals surface area contributed by atoms with Crippen LogP contribution in [-0.2, 0) is 6.42 Å². The Kier molecular flexibility index (Phi) is 6.95. The van der Waals surface area contributed by atoms with E-state index < -0.39 is 5.91 Å². The number of hydrogen-bond acceptors (Lipinski definition) is 4. The summed E-state index contributed by atoms with van der Waals surface area (Å²) in [6.07, 6.45) is 0.691. The number of halogens is 1. The molecule has 2 aromatic carbocycles. The molecule has 3 rings (SSSR count). The molecule has 0 radical (unpaired) electrons. The lowest BCUT2D eigenvalue weighted by Crippen LogP contribution is -2.17. The Morgan fingerprint density at radius 2 is 1.87 bits per heavy atom. The Morgan fingerprint density at radius 3 is 2.47 bits per heavy atom. The number of primary amides is 1. The van der Waals surface area contributed by atoms with Gasteiger partial charge in [-0.05, 0) is 66.0 Å². The topological polar surface area (TPSA) is 81.4 Å². The summed E-state index contributed by atoms with van der Waals surface area (Å²) in [5.74, 6) is -0.210. The van der Waals surface area contributed by atoms with Crippen LogP contribution in [0.1, 0.15) is 50.6 Å². The van der Waals surface area contributed by atoms with Crippen LogP contribution in [0.5, 0.6) is 5.75 Å². The predicted molar refractivity (Wildman–Crippen MR) is 125 cm³/mol. The van der Waals surface area contributed by atoms with Gasteiger partial charge in [0.15, 0.2) is 0 Å². The van der Waals surface area contributed by atoms with Crippen LogP contribution in [0.2, 0.25) is 0 Å². The van der Waals surface area contributed by atoms with Gasteiger partial charge < -0.3 is 15.8 Å². The van der Waals surface area contributed by atoms with Crippen molar-refractivity contribution in [2.24, 2.45) is 5.73 Å². The minimum atomic E-state index is -0.555. The van der Waals surface area contributed by atoms with Gasteiger partial charge in [0, 0.05) is 16.9 Å². The number of amides is 2. The molecule has 3 aromatic rings. The zero-order valence-corrected chi connectivity index (χ0v) is 19.4. The minimum Gasteiger partial charge on any atom is -0.490 e. The van der Waals surface area contributed by atoms with Crippen molar-refractivity contribution in [1.82, 2.24) is 0 Å². The van der Waals surface area contributed by atoms with Crippen LogP contribution < -0.4 is 15.8 Å². The second-order valence-electron chi connectivity index (χ2n) is 7.15. The van der Waals surface area contributed by atoms with Crippen LogP contribution in [-0.4, -0.2) is 17.9 Å². The van der Waals surface area contributed by atoms with Gasteiger partial charge in [-0.2, -0.15) is 0 Å². The van der Waals surface area contributed by atoms with E-state index in [0.717, 1.165) is 16.0 Å². The van der Waals surface area contributed by atoms with Crippen LogP contribution in [0.4, 0.5) is 5.00 Å². The molecule has 0 atom stereocenters. The number of carbonyl (C=O) groups excluding carboxylic acids is 2. The third kappa shape index (κ3) is 5.09. The van der Waals surface area contributed by atoms with Crippen molar-refractivity contribution in [2.45, 2.75) is 33.3 Å². The summed E-state index contributed by atoms with van der Waals surface area (Å²) in [6, 6.07) is 15.1. The zero-order chi connectivity index (χ0) is 21.8. The molecule has 0 saturated carbocycles. The standard InChI is InChI=1S/C23H23BrN2O3S/c1-13(2)29-18-10-9-16(12-17(18)24)22(28)26-23-20(21(25)27)14(3)19(30-23)11-15-7-5-4-6-8-15/h4-10,12-13H,11H2,1-3H3,(H2,25,27)(H,26,28). The highest BCUT2D eigenvalue weighted by Gasteiger charge is 2.21. The minimum absolute atomic E-state index is 0.0243. The van der Waals surface area contributed by atoms with Gasteiger partial charge >= 0.3 is 0 Å². The number of nitrogens with two attached hydrogens (primary N) is 1. The van der Waals surface area contributed by atoms with E-state index in [2.05, 4.69) is 21.2 Å². The Bertz CT molecular complexity index is 1080. The quantitative estimate of drug-likeness (QED) is 0.459. The summed E-state index contributed by atoms with van der Waals surface area (Å²) in [7, 11) is 0. The summed E-state index contributed by atoms with van der Waals surface area (Å²) >= 11 is 4.82. The van der Waals surface area contributed by atoms with Crippen molar-refractivity contribution in [3.63, 3.8) is 0 Å². The average Bonchev–Trinajstić information content (AvgIpc) is 2.98. The van der Waals surface area contributed by atoms with Crippen LogP contribution in [0.3, 0.4) is 0 Å². The highest BCUT2D eigenvalue weighted by atomic mass is 79.9. The maximum Gasteiger partial charge on any atom is 0.256 e. The van der Waals surface area contributed by atoms with Gasteiger partial charge in [0.25, 0.3) is 11.8 Å². The number of rotatable bonds is 7. The maximum atomic E-state index is 12.8. The molecule has 1 heterocycles. The Labute approximate surface area is 188 Å².